The summed E-state index contributed by atoms with van der Waals surface area (Å²) in [7, 11) is 0. The molecule has 1 heteroatoms. The molecule has 0 heterocycles. The Balaban J connectivity index is 3.76. The van der Waals surface area contributed by atoms with Crippen molar-refractivity contribution in [2.75, 3.05) is 0 Å². The minimum atomic E-state index is -0.00241. The Morgan fingerprint density at radius 1 is 1.44 bits per heavy atom. The summed E-state index contributed by atoms with van der Waals surface area (Å²) in [4.78, 5) is 10.6. The lowest BCUT2D eigenvalue weighted by Crippen LogP contribution is -1.81. The maximum absolute atomic E-state index is 10.6. The molecule has 0 aromatic heterocycles. The summed E-state index contributed by atoms with van der Waals surface area (Å²) in [5, 5.41) is 0. The quantitative estimate of drug-likeness (QED) is 0.412. The number of hydrogen-bond acceptors (Lipinski definition) is 1. The zero-order chi connectivity index (χ0) is 7.11. The molecule has 0 aromatic carbocycles. The second-order valence-electron chi connectivity index (χ2n) is 1.50. The monoisotopic (exact) mass is 122 g/mol. The lowest BCUT2D eigenvalue weighted by Gasteiger charge is -1.76. The van der Waals surface area contributed by atoms with Crippen LogP contribution in [0.15, 0.2) is 37.0 Å². The fraction of sp³-hybridized carbons (Fsp3) is 0.125. The van der Waals surface area contributed by atoms with E-state index in [1.165, 1.54) is 12.2 Å². The highest BCUT2D eigenvalue weighted by Crippen LogP contribution is 1.79. The number of allylic oxidation sites excluding steroid dienone is 5. The Bertz CT molecular complexity index is 152. The largest absolute Gasteiger partial charge is 0.290 e. The van der Waals surface area contributed by atoms with E-state index in [0.717, 1.165) is 0 Å². The molecule has 0 rings (SSSR count). The van der Waals surface area contributed by atoms with Gasteiger partial charge in [0.25, 0.3) is 0 Å². The van der Waals surface area contributed by atoms with Gasteiger partial charge in [-0.3, -0.25) is 4.79 Å². The number of ketones is 1. The molecule has 0 bridgehead atoms. The predicted octanol–water partition coefficient (Wildman–Crippen LogP) is 1.87. The average Bonchev–Trinajstić information content (AvgIpc) is 1.85. The Kier molecular flexibility index (Phi) is 4.41. The first kappa shape index (κ1) is 7.89. The van der Waals surface area contributed by atoms with Crippen LogP contribution in [0.2, 0.25) is 0 Å². The normalized spacial score (nSPS) is 10.8. The van der Waals surface area contributed by atoms with Crippen LogP contribution in [0.4, 0.5) is 0 Å². The molecule has 0 amide bonds. The first-order valence-electron chi connectivity index (χ1n) is 2.77. The third kappa shape index (κ3) is 4.75. The minimum Gasteiger partial charge on any atom is -0.290 e. The molecule has 0 unspecified atom stereocenters. The van der Waals surface area contributed by atoms with E-state index in [1.54, 1.807) is 25.2 Å². The summed E-state index contributed by atoms with van der Waals surface area (Å²) in [6.07, 6.45) is 7.85. The summed E-state index contributed by atoms with van der Waals surface area (Å²) in [6, 6.07) is 0. The Morgan fingerprint density at radius 2 is 2.11 bits per heavy atom. The molecule has 0 aliphatic carbocycles. The van der Waals surface area contributed by atoms with Gasteiger partial charge >= 0.3 is 0 Å². The lowest BCUT2D eigenvalue weighted by atomic mass is 10.3. The van der Waals surface area contributed by atoms with E-state index in [9.17, 15) is 4.79 Å². The second kappa shape index (κ2) is 5.04. The van der Waals surface area contributed by atoms with Crippen LogP contribution in [0, 0.1) is 0 Å². The lowest BCUT2D eigenvalue weighted by molar-refractivity contribution is -0.110. The van der Waals surface area contributed by atoms with Crippen LogP contribution in [0.3, 0.4) is 0 Å². The van der Waals surface area contributed by atoms with Gasteiger partial charge in [0, 0.05) is 0 Å². The van der Waals surface area contributed by atoms with E-state index in [2.05, 4.69) is 6.58 Å². The molecule has 48 valence electrons. The first-order valence-corrected chi connectivity index (χ1v) is 2.77. The van der Waals surface area contributed by atoms with Gasteiger partial charge in [-0.1, -0.05) is 24.8 Å². The molecule has 0 aliphatic rings. The molecule has 1 nitrogen and oxygen atoms in total. The predicted molar refractivity (Wildman–Crippen MR) is 39.2 cm³/mol. The maximum atomic E-state index is 10.6. The zero-order valence-electron chi connectivity index (χ0n) is 5.50. The zero-order valence-corrected chi connectivity index (χ0v) is 5.50. The Hall–Kier alpha value is -1.11. The maximum Gasteiger partial charge on any atom is 0.178 e. The SMILES string of the molecule is C=CC=CC(=O)C=CC. The molecular weight excluding hydrogens is 112 g/mol. The highest BCUT2D eigenvalue weighted by molar-refractivity contribution is 5.99. The van der Waals surface area contributed by atoms with Crippen molar-refractivity contribution in [3.63, 3.8) is 0 Å². The summed E-state index contributed by atoms with van der Waals surface area (Å²) < 4.78 is 0. The number of carbonyl (C=O) groups is 1. The summed E-state index contributed by atoms with van der Waals surface area (Å²) in [6.45, 7) is 5.23. The fourth-order valence-corrected chi connectivity index (χ4v) is 0.383. The Labute approximate surface area is 55.4 Å². The van der Waals surface area contributed by atoms with E-state index >= 15 is 0 Å². The van der Waals surface area contributed by atoms with Gasteiger partial charge in [-0.15, -0.1) is 0 Å². The van der Waals surface area contributed by atoms with Gasteiger partial charge in [-0.05, 0) is 19.1 Å². The third-order valence-corrected chi connectivity index (χ3v) is 0.728. The highest BCUT2D eigenvalue weighted by atomic mass is 16.1. The van der Waals surface area contributed by atoms with Gasteiger partial charge < -0.3 is 0 Å². The van der Waals surface area contributed by atoms with Gasteiger partial charge in [-0.2, -0.15) is 0 Å². The van der Waals surface area contributed by atoms with Crippen LogP contribution >= 0.6 is 0 Å². The molecular formula is C8H10O. The molecule has 0 saturated heterocycles. The molecule has 0 spiro atoms. The number of hydrogen-bond donors (Lipinski definition) is 0. The van der Waals surface area contributed by atoms with Crippen LogP contribution in [0.5, 0.6) is 0 Å². The third-order valence-electron chi connectivity index (χ3n) is 0.728. The highest BCUT2D eigenvalue weighted by Gasteiger charge is 1.81. The van der Waals surface area contributed by atoms with Crippen molar-refractivity contribution in [2.45, 2.75) is 6.92 Å². The summed E-state index contributed by atoms with van der Waals surface area (Å²) in [5.41, 5.74) is 0. The summed E-state index contributed by atoms with van der Waals surface area (Å²) >= 11 is 0. The average molecular weight is 122 g/mol. The molecule has 0 saturated carbocycles. The van der Waals surface area contributed by atoms with Gasteiger partial charge in [0.1, 0.15) is 0 Å². The van der Waals surface area contributed by atoms with Crippen molar-refractivity contribution < 1.29 is 4.79 Å². The topological polar surface area (TPSA) is 17.1 Å². The molecule has 0 N–H and O–H groups in total. The van der Waals surface area contributed by atoms with Crippen molar-refractivity contribution in [2.24, 2.45) is 0 Å². The molecule has 0 aromatic rings. The first-order chi connectivity index (χ1) is 4.31. The van der Waals surface area contributed by atoms with Crippen molar-refractivity contribution in [3.8, 4) is 0 Å². The standard InChI is InChI=1S/C8H10O/c1-3-5-7-8(9)6-4-2/h3-7H,1H2,2H3. The van der Waals surface area contributed by atoms with Crippen LogP contribution < -0.4 is 0 Å². The van der Waals surface area contributed by atoms with Crippen LogP contribution in [0.25, 0.3) is 0 Å². The van der Waals surface area contributed by atoms with Crippen LogP contribution in [-0.2, 0) is 4.79 Å². The van der Waals surface area contributed by atoms with Crippen molar-refractivity contribution in [1.29, 1.82) is 0 Å². The molecule has 0 atom stereocenters. The van der Waals surface area contributed by atoms with Crippen molar-refractivity contribution in [1.82, 2.24) is 0 Å². The van der Waals surface area contributed by atoms with Gasteiger partial charge in [-0.25, -0.2) is 0 Å². The molecule has 9 heavy (non-hydrogen) atoms. The minimum absolute atomic E-state index is 0.00241. The van der Waals surface area contributed by atoms with E-state index in [-0.39, 0.29) is 5.78 Å². The smallest absolute Gasteiger partial charge is 0.178 e. The van der Waals surface area contributed by atoms with Crippen LogP contribution in [-0.4, -0.2) is 5.78 Å². The Morgan fingerprint density at radius 3 is 2.56 bits per heavy atom. The van der Waals surface area contributed by atoms with E-state index in [0.29, 0.717) is 0 Å². The fourth-order valence-electron chi connectivity index (χ4n) is 0.383. The van der Waals surface area contributed by atoms with E-state index < -0.39 is 0 Å². The van der Waals surface area contributed by atoms with Crippen molar-refractivity contribution in [3.05, 3.63) is 37.0 Å². The van der Waals surface area contributed by atoms with Gasteiger partial charge in [0.2, 0.25) is 0 Å². The molecule has 0 fully saturated rings. The second-order valence-corrected chi connectivity index (χ2v) is 1.50. The number of carbonyl (C=O) groups excluding carboxylic acids is 1. The van der Waals surface area contributed by atoms with Crippen molar-refractivity contribution >= 4 is 5.78 Å². The van der Waals surface area contributed by atoms with Gasteiger partial charge in [0.15, 0.2) is 5.78 Å². The van der Waals surface area contributed by atoms with Crippen LogP contribution in [0.1, 0.15) is 6.92 Å². The van der Waals surface area contributed by atoms with E-state index in [4.69, 9.17) is 0 Å². The van der Waals surface area contributed by atoms with E-state index in [1.807, 2.05) is 0 Å². The molecule has 0 aliphatic heterocycles. The van der Waals surface area contributed by atoms with Gasteiger partial charge in [0.05, 0.1) is 0 Å². The summed E-state index contributed by atoms with van der Waals surface area (Å²) in [5.74, 6) is -0.00241. The number of rotatable bonds is 3. The molecule has 0 radical (unpaired) electrons.